The van der Waals surface area contributed by atoms with Crippen molar-refractivity contribution < 1.29 is 0 Å². The summed E-state index contributed by atoms with van der Waals surface area (Å²) in [5.41, 5.74) is 12.1. The highest BCUT2D eigenvalue weighted by Crippen LogP contribution is 2.10. The van der Waals surface area contributed by atoms with Crippen molar-refractivity contribution in [2.45, 2.75) is 20.4 Å². The maximum Gasteiger partial charge on any atom is 0.221 e. The van der Waals surface area contributed by atoms with E-state index >= 15 is 0 Å². The summed E-state index contributed by atoms with van der Waals surface area (Å²) in [5.74, 6) is 0.704. The fourth-order valence-electron chi connectivity index (χ4n) is 1.24. The van der Waals surface area contributed by atoms with Crippen molar-refractivity contribution in [3.05, 3.63) is 11.8 Å². The van der Waals surface area contributed by atoms with Crippen LogP contribution in [-0.2, 0) is 6.54 Å². The summed E-state index contributed by atoms with van der Waals surface area (Å²) in [6.07, 6.45) is 1.69. The first-order valence-corrected chi connectivity index (χ1v) is 4.76. The van der Waals surface area contributed by atoms with Crippen LogP contribution in [0.4, 0.5) is 11.8 Å². The van der Waals surface area contributed by atoms with Crippen LogP contribution in [0.3, 0.4) is 0 Å². The molecule has 5 heteroatoms. The van der Waals surface area contributed by atoms with Gasteiger partial charge in [-0.2, -0.15) is 4.98 Å². The molecule has 0 saturated carbocycles. The lowest BCUT2D eigenvalue weighted by molar-refractivity contribution is 0.296. The highest BCUT2D eigenvalue weighted by atomic mass is 15.1. The Morgan fingerprint density at radius 1 is 1.29 bits per heavy atom. The number of hydrogen-bond donors (Lipinski definition) is 2. The van der Waals surface area contributed by atoms with Gasteiger partial charge >= 0.3 is 0 Å². The van der Waals surface area contributed by atoms with Gasteiger partial charge in [-0.25, -0.2) is 4.98 Å². The first-order valence-electron chi connectivity index (χ1n) is 4.76. The number of rotatable bonds is 4. The van der Waals surface area contributed by atoms with Crippen LogP contribution in [0.1, 0.15) is 19.4 Å². The Hall–Kier alpha value is -1.36. The third kappa shape index (κ3) is 2.56. The maximum atomic E-state index is 5.72. The van der Waals surface area contributed by atoms with Crippen LogP contribution in [0.15, 0.2) is 6.20 Å². The third-order valence-electron chi connectivity index (χ3n) is 2.21. The molecule has 0 spiro atoms. The lowest BCUT2D eigenvalue weighted by Crippen LogP contribution is -2.23. The van der Waals surface area contributed by atoms with Crippen LogP contribution in [-0.4, -0.2) is 28.0 Å². The van der Waals surface area contributed by atoms with Gasteiger partial charge in [-0.1, -0.05) is 13.8 Å². The van der Waals surface area contributed by atoms with E-state index in [1.54, 1.807) is 6.20 Å². The van der Waals surface area contributed by atoms with Gasteiger partial charge in [0.2, 0.25) is 5.95 Å². The van der Waals surface area contributed by atoms with E-state index < -0.39 is 0 Å². The van der Waals surface area contributed by atoms with E-state index in [2.05, 4.69) is 28.7 Å². The topological polar surface area (TPSA) is 81.1 Å². The quantitative estimate of drug-likeness (QED) is 0.730. The molecule has 1 aromatic heterocycles. The van der Waals surface area contributed by atoms with E-state index in [4.69, 9.17) is 11.5 Å². The SMILES string of the molecule is CCN(CC)Cc1cnc(N)nc1N. The molecule has 4 N–H and O–H groups in total. The minimum Gasteiger partial charge on any atom is -0.383 e. The average molecular weight is 195 g/mol. The summed E-state index contributed by atoms with van der Waals surface area (Å²) in [6.45, 7) is 6.97. The second kappa shape index (κ2) is 4.76. The molecule has 0 aromatic carbocycles. The number of nitrogens with zero attached hydrogens (tertiary/aromatic N) is 3. The number of nitrogens with two attached hydrogens (primary N) is 2. The van der Waals surface area contributed by atoms with E-state index in [1.165, 1.54) is 0 Å². The standard InChI is InChI=1S/C9H17N5/c1-3-14(4-2)6-7-5-12-9(11)13-8(7)10/h5H,3-4,6H2,1-2H3,(H4,10,11,12,13). The minimum atomic E-state index is 0.228. The van der Waals surface area contributed by atoms with Gasteiger partial charge < -0.3 is 11.5 Å². The van der Waals surface area contributed by atoms with Gasteiger partial charge in [-0.3, -0.25) is 4.90 Å². The lowest BCUT2D eigenvalue weighted by Gasteiger charge is -2.18. The summed E-state index contributed by atoms with van der Waals surface area (Å²) in [6, 6.07) is 0. The largest absolute Gasteiger partial charge is 0.383 e. The van der Waals surface area contributed by atoms with Gasteiger partial charge in [0.25, 0.3) is 0 Å². The molecule has 14 heavy (non-hydrogen) atoms. The molecule has 5 nitrogen and oxygen atoms in total. The zero-order chi connectivity index (χ0) is 10.6. The molecule has 78 valence electrons. The molecule has 0 saturated heterocycles. The van der Waals surface area contributed by atoms with E-state index in [9.17, 15) is 0 Å². The predicted octanol–water partition coefficient (Wildman–Crippen LogP) is 0.483. The molecular formula is C9H17N5. The molecule has 0 unspecified atom stereocenters. The summed E-state index contributed by atoms with van der Waals surface area (Å²) in [7, 11) is 0. The van der Waals surface area contributed by atoms with Crippen molar-refractivity contribution >= 4 is 11.8 Å². The molecule has 0 amide bonds. The van der Waals surface area contributed by atoms with Crippen LogP contribution in [0.2, 0.25) is 0 Å². The summed E-state index contributed by atoms with van der Waals surface area (Å²) < 4.78 is 0. The van der Waals surface area contributed by atoms with Gasteiger partial charge in [0.15, 0.2) is 0 Å². The molecule has 1 aromatic rings. The second-order valence-electron chi connectivity index (χ2n) is 3.10. The van der Waals surface area contributed by atoms with Crippen molar-refractivity contribution in [1.29, 1.82) is 0 Å². The fraction of sp³-hybridized carbons (Fsp3) is 0.556. The summed E-state index contributed by atoms with van der Waals surface area (Å²) >= 11 is 0. The number of hydrogen-bond acceptors (Lipinski definition) is 5. The van der Waals surface area contributed by atoms with Crippen LogP contribution >= 0.6 is 0 Å². The zero-order valence-corrected chi connectivity index (χ0v) is 8.70. The molecule has 1 heterocycles. The Kier molecular flexibility index (Phi) is 3.64. The Balaban J connectivity index is 2.76. The minimum absolute atomic E-state index is 0.228. The molecule has 0 aliphatic carbocycles. The van der Waals surface area contributed by atoms with Crippen molar-refractivity contribution in [1.82, 2.24) is 14.9 Å². The van der Waals surface area contributed by atoms with E-state index in [1.807, 2.05) is 0 Å². The molecule has 0 aliphatic heterocycles. The van der Waals surface area contributed by atoms with Crippen LogP contribution in [0.25, 0.3) is 0 Å². The van der Waals surface area contributed by atoms with Crippen molar-refractivity contribution in [3.8, 4) is 0 Å². The van der Waals surface area contributed by atoms with Crippen LogP contribution in [0, 0.1) is 0 Å². The van der Waals surface area contributed by atoms with E-state index in [-0.39, 0.29) is 5.95 Å². The van der Waals surface area contributed by atoms with Gasteiger partial charge in [0, 0.05) is 18.3 Å². The lowest BCUT2D eigenvalue weighted by atomic mass is 10.3. The van der Waals surface area contributed by atoms with Gasteiger partial charge in [0.05, 0.1) is 0 Å². The number of aromatic nitrogens is 2. The Bertz CT molecular complexity index is 295. The maximum absolute atomic E-state index is 5.72. The molecule has 0 aliphatic rings. The Morgan fingerprint density at radius 2 is 1.93 bits per heavy atom. The Labute approximate surface area is 84.1 Å². The van der Waals surface area contributed by atoms with Crippen molar-refractivity contribution in [3.63, 3.8) is 0 Å². The van der Waals surface area contributed by atoms with Crippen LogP contribution < -0.4 is 11.5 Å². The molecule has 0 radical (unpaired) electrons. The van der Waals surface area contributed by atoms with Crippen molar-refractivity contribution in [2.24, 2.45) is 0 Å². The van der Waals surface area contributed by atoms with Gasteiger partial charge in [0.1, 0.15) is 5.82 Å². The van der Waals surface area contributed by atoms with Crippen molar-refractivity contribution in [2.75, 3.05) is 24.6 Å². The first kappa shape index (κ1) is 10.7. The molecular weight excluding hydrogens is 178 g/mol. The first-order chi connectivity index (χ1) is 6.67. The van der Waals surface area contributed by atoms with Gasteiger partial charge in [-0.15, -0.1) is 0 Å². The summed E-state index contributed by atoms with van der Waals surface area (Å²) in [4.78, 5) is 10.1. The molecule has 1 rings (SSSR count). The summed E-state index contributed by atoms with van der Waals surface area (Å²) in [5, 5.41) is 0. The normalized spacial score (nSPS) is 10.8. The smallest absolute Gasteiger partial charge is 0.221 e. The van der Waals surface area contributed by atoms with E-state index in [0.29, 0.717) is 5.82 Å². The third-order valence-corrected chi connectivity index (χ3v) is 2.21. The highest BCUT2D eigenvalue weighted by Gasteiger charge is 2.06. The predicted molar refractivity (Wildman–Crippen MR) is 57.5 cm³/mol. The van der Waals surface area contributed by atoms with E-state index in [0.717, 1.165) is 25.2 Å². The fourth-order valence-corrected chi connectivity index (χ4v) is 1.24. The number of nitrogen functional groups attached to an aromatic ring is 2. The molecule has 0 atom stereocenters. The second-order valence-corrected chi connectivity index (χ2v) is 3.10. The highest BCUT2D eigenvalue weighted by molar-refractivity contribution is 5.41. The number of anilines is 2. The molecule has 0 fully saturated rings. The zero-order valence-electron chi connectivity index (χ0n) is 8.70. The Morgan fingerprint density at radius 3 is 2.43 bits per heavy atom. The molecule has 0 bridgehead atoms. The monoisotopic (exact) mass is 195 g/mol. The van der Waals surface area contributed by atoms with Crippen LogP contribution in [0.5, 0.6) is 0 Å². The average Bonchev–Trinajstić information content (AvgIpc) is 2.17. The van der Waals surface area contributed by atoms with Gasteiger partial charge in [-0.05, 0) is 13.1 Å².